The normalized spacial score (nSPS) is 22.7. The molecule has 0 aromatic rings. The molecule has 1 heterocycles. The SMILES string of the molecule is CC(/C=C\N)=C(\C)C(C)C1COC1. The summed E-state index contributed by atoms with van der Waals surface area (Å²) in [6, 6.07) is 0. The minimum Gasteiger partial charge on any atom is -0.405 e. The molecule has 0 radical (unpaired) electrons. The first kappa shape index (κ1) is 10.3. The van der Waals surface area contributed by atoms with E-state index in [2.05, 4.69) is 20.8 Å². The zero-order chi connectivity index (χ0) is 9.84. The van der Waals surface area contributed by atoms with E-state index in [4.69, 9.17) is 10.5 Å². The van der Waals surface area contributed by atoms with Gasteiger partial charge in [0.05, 0.1) is 13.2 Å². The Balaban J connectivity index is 2.62. The summed E-state index contributed by atoms with van der Waals surface area (Å²) in [6.07, 6.45) is 3.56. The lowest BCUT2D eigenvalue weighted by Gasteiger charge is -2.32. The second-order valence-corrected chi connectivity index (χ2v) is 3.81. The van der Waals surface area contributed by atoms with Crippen LogP contribution in [0.5, 0.6) is 0 Å². The van der Waals surface area contributed by atoms with E-state index in [1.165, 1.54) is 11.1 Å². The molecule has 13 heavy (non-hydrogen) atoms. The maximum absolute atomic E-state index is 5.35. The van der Waals surface area contributed by atoms with Crippen LogP contribution >= 0.6 is 0 Å². The molecule has 1 unspecified atom stereocenters. The standard InChI is InChI=1S/C11H19NO/c1-8(4-5-12)9(2)10(3)11-6-13-7-11/h4-5,10-11H,6-7,12H2,1-3H3/b5-4-,9-8-. The third-order valence-electron chi connectivity index (χ3n) is 3.02. The van der Waals surface area contributed by atoms with Crippen molar-refractivity contribution in [1.29, 1.82) is 0 Å². The predicted octanol–water partition coefficient (Wildman–Crippen LogP) is 2.08. The van der Waals surface area contributed by atoms with Crippen molar-refractivity contribution in [1.82, 2.24) is 0 Å². The lowest BCUT2D eigenvalue weighted by atomic mass is 9.85. The zero-order valence-corrected chi connectivity index (χ0v) is 8.71. The average Bonchev–Trinajstić information content (AvgIpc) is 2.00. The zero-order valence-electron chi connectivity index (χ0n) is 8.71. The molecule has 2 N–H and O–H groups in total. The van der Waals surface area contributed by atoms with Crippen molar-refractivity contribution in [3.63, 3.8) is 0 Å². The van der Waals surface area contributed by atoms with Crippen molar-refractivity contribution in [3.05, 3.63) is 23.4 Å². The largest absolute Gasteiger partial charge is 0.405 e. The molecule has 1 atom stereocenters. The van der Waals surface area contributed by atoms with E-state index < -0.39 is 0 Å². The quantitative estimate of drug-likeness (QED) is 0.676. The van der Waals surface area contributed by atoms with Crippen LogP contribution in [0.15, 0.2) is 23.4 Å². The van der Waals surface area contributed by atoms with Crippen molar-refractivity contribution < 1.29 is 4.74 Å². The van der Waals surface area contributed by atoms with Gasteiger partial charge in [-0.2, -0.15) is 0 Å². The third kappa shape index (κ3) is 2.34. The fraction of sp³-hybridized carbons (Fsp3) is 0.636. The van der Waals surface area contributed by atoms with E-state index in [1.807, 2.05) is 6.08 Å². The second kappa shape index (κ2) is 4.47. The Morgan fingerprint density at radius 1 is 1.46 bits per heavy atom. The first-order chi connectivity index (χ1) is 6.16. The Labute approximate surface area is 80.5 Å². The molecule has 1 rings (SSSR count). The fourth-order valence-corrected chi connectivity index (χ4v) is 1.53. The molecular formula is C11H19NO. The van der Waals surface area contributed by atoms with Crippen LogP contribution in [0, 0.1) is 11.8 Å². The van der Waals surface area contributed by atoms with E-state index in [9.17, 15) is 0 Å². The van der Waals surface area contributed by atoms with Crippen LogP contribution in [-0.4, -0.2) is 13.2 Å². The van der Waals surface area contributed by atoms with Gasteiger partial charge in [0.25, 0.3) is 0 Å². The number of nitrogens with two attached hydrogens (primary N) is 1. The number of hydrogen-bond acceptors (Lipinski definition) is 2. The van der Waals surface area contributed by atoms with E-state index >= 15 is 0 Å². The summed E-state index contributed by atoms with van der Waals surface area (Å²) in [4.78, 5) is 0. The Morgan fingerprint density at radius 3 is 2.46 bits per heavy atom. The van der Waals surface area contributed by atoms with Crippen molar-refractivity contribution in [3.8, 4) is 0 Å². The lowest BCUT2D eigenvalue weighted by molar-refractivity contribution is -0.0502. The van der Waals surface area contributed by atoms with Crippen molar-refractivity contribution in [2.24, 2.45) is 17.6 Å². The highest BCUT2D eigenvalue weighted by Gasteiger charge is 2.26. The molecule has 74 valence electrons. The molecule has 2 heteroatoms. The number of allylic oxidation sites excluding steroid dienone is 3. The minimum atomic E-state index is 0.616. The first-order valence-corrected chi connectivity index (χ1v) is 4.80. The molecule has 0 saturated carbocycles. The molecule has 0 aliphatic carbocycles. The molecular weight excluding hydrogens is 162 g/mol. The van der Waals surface area contributed by atoms with Crippen LogP contribution in [0.4, 0.5) is 0 Å². The Kier molecular flexibility index (Phi) is 3.55. The van der Waals surface area contributed by atoms with Gasteiger partial charge in [-0.1, -0.05) is 18.1 Å². The molecule has 1 aliphatic rings. The summed E-state index contributed by atoms with van der Waals surface area (Å²) in [5.41, 5.74) is 8.06. The molecule has 1 saturated heterocycles. The van der Waals surface area contributed by atoms with Gasteiger partial charge in [0.2, 0.25) is 0 Å². The van der Waals surface area contributed by atoms with Crippen LogP contribution in [0.2, 0.25) is 0 Å². The number of hydrogen-bond donors (Lipinski definition) is 1. The molecule has 1 fully saturated rings. The fourth-order valence-electron chi connectivity index (χ4n) is 1.53. The van der Waals surface area contributed by atoms with Gasteiger partial charge in [-0.25, -0.2) is 0 Å². The molecule has 0 amide bonds. The summed E-state index contributed by atoms with van der Waals surface area (Å²) in [6.45, 7) is 8.37. The highest BCUT2D eigenvalue weighted by Crippen LogP contribution is 2.28. The van der Waals surface area contributed by atoms with Gasteiger partial charge < -0.3 is 10.5 Å². The predicted molar refractivity (Wildman–Crippen MR) is 55.2 cm³/mol. The maximum atomic E-state index is 5.35. The summed E-state index contributed by atoms with van der Waals surface area (Å²) in [5.74, 6) is 1.33. The molecule has 0 aromatic heterocycles. The molecule has 0 aromatic carbocycles. The molecule has 0 spiro atoms. The summed E-state index contributed by atoms with van der Waals surface area (Å²) < 4.78 is 5.18. The van der Waals surface area contributed by atoms with Crippen LogP contribution in [0.1, 0.15) is 20.8 Å². The van der Waals surface area contributed by atoms with E-state index in [0.717, 1.165) is 13.2 Å². The highest BCUT2D eigenvalue weighted by molar-refractivity contribution is 5.24. The van der Waals surface area contributed by atoms with Crippen molar-refractivity contribution >= 4 is 0 Å². The summed E-state index contributed by atoms with van der Waals surface area (Å²) in [7, 11) is 0. The Bertz CT molecular complexity index is 226. The van der Waals surface area contributed by atoms with Crippen LogP contribution in [0.25, 0.3) is 0 Å². The summed E-state index contributed by atoms with van der Waals surface area (Å²) in [5, 5.41) is 0. The topological polar surface area (TPSA) is 35.2 Å². The van der Waals surface area contributed by atoms with Crippen LogP contribution in [0.3, 0.4) is 0 Å². The van der Waals surface area contributed by atoms with Crippen molar-refractivity contribution in [2.45, 2.75) is 20.8 Å². The number of ether oxygens (including phenoxy) is 1. The van der Waals surface area contributed by atoms with Crippen molar-refractivity contribution in [2.75, 3.05) is 13.2 Å². The van der Waals surface area contributed by atoms with E-state index in [0.29, 0.717) is 11.8 Å². The van der Waals surface area contributed by atoms with Crippen LogP contribution in [-0.2, 0) is 4.74 Å². The molecule has 0 bridgehead atoms. The second-order valence-electron chi connectivity index (χ2n) is 3.81. The van der Waals surface area contributed by atoms with Gasteiger partial charge in [0.15, 0.2) is 0 Å². The van der Waals surface area contributed by atoms with Gasteiger partial charge in [-0.05, 0) is 32.0 Å². The molecule has 1 aliphatic heterocycles. The summed E-state index contributed by atoms with van der Waals surface area (Å²) >= 11 is 0. The monoisotopic (exact) mass is 181 g/mol. The Morgan fingerprint density at radius 2 is 2.08 bits per heavy atom. The third-order valence-corrected chi connectivity index (χ3v) is 3.02. The van der Waals surface area contributed by atoms with Gasteiger partial charge in [-0.15, -0.1) is 0 Å². The first-order valence-electron chi connectivity index (χ1n) is 4.80. The van der Waals surface area contributed by atoms with Gasteiger partial charge >= 0.3 is 0 Å². The van der Waals surface area contributed by atoms with E-state index in [1.54, 1.807) is 6.20 Å². The van der Waals surface area contributed by atoms with E-state index in [-0.39, 0.29) is 0 Å². The minimum absolute atomic E-state index is 0.616. The smallest absolute Gasteiger partial charge is 0.0522 e. The number of rotatable bonds is 3. The lowest BCUT2D eigenvalue weighted by Crippen LogP contribution is -2.33. The van der Waals surface area contributed by atoms with Gasteiger partial charge in [0.1, 0.15) is 0 Å². The van der Waals surface area contributed by atoms with Gasteiger partial charge in [-0.3, -0.25) is 0 Å². The van der Waals surface area contributed by atoms with Crippen LogP contribution < -0.4 is 5.73 Å². The Hall–Kier alpha value is -0.760. The molecule has 2 nitrogen and oxygen atoms in total. The highest BCUT2D eigenvalue weighted by atomic mass is 16.5. The maximum Gasteiger partial charge on any atom is 0.0522 e. The van der Waals surface area contributed by atoms with Gasteiger partial charge in [0, 0.05) is 5.92 Å². The average molecular weight is 181 g/mol.